The average Bonchev–Trinajstić information content (AvgIpc) is 2.83. The van der Waals surface area contributed by atoms with Gasteiger partial charge in [0.15, 0.2) is 0 Å². The van der Waals surface area contributed by atoms with Gasteiger partial charge in [0.1, 0.15) is 5.75 Å². The van der Waals surface area contributed by atoms with Gasteiger partial charge in [0, 0.05) is 19.6 Å². The van der Waals surface area contributed by atoms with Crippen LogP contribution in [0, 0.1) is 17.8 Å². The zero-order valence-corrected chi connectivity index (χ0v) is 21.6. The van der Waals surface area contributed by atoms with E-state index in [1.54, 1.807) is 6.07 Å². The van der Waals surface area contributed by atoms with E-state index in [4.69, 9.17) is 0 Å². The molecular formula is C29H41N3O3. The lowest BCUT2D eigenvalue weighted by Crippen LogP contribution is -2.50. The summed E-state index contributed by atoms with van der Waals surface area (Å²) in [4.78, 5) is 27.7. The molecule has 1 fully saturated rings. The van der Waals surface area contributed by atoms with Crippen molar-refractivity contribution in [1.29, 1.82) is 0 Å². The largest absolute Gasteiger partial charge is 0.508 e. The second kappa shape index (κ2) is 12.2. The van der Waals surface area contributed by atoms with Crippen molar-refractivity contribution in [2.24, 2.45) is 17.8 Å². The molecule has 1 heterocycles. The first-order valence-corrected chi connectivity index (χ1v) is 12.8. The second-order valence-electron chi connectivity index (χ2n) is 10.7. The van der Waals surface area contributed by atoms with Crippen LogP contribution in [0.3, 0.4) is 0 Å². The summed E-state index contributed by atoms with van der Waals surface area (Å²) in [5.41, 5.74) is 2.25. The molecule has 0 bridgehead atoms. The van der Waals surface area contributed by atoms with E-state index in [-0.39, 0.29) is 29.7 Å². The molecule has 3 unspecified atom stereocenters. The maximum atomic E-state index is 13.2. The molecule has 0 aromatic heterocycles. The van der Waals surface area contributed by atoms with Crippen molar-refractivity contribution >= 4 is 11.8 Å². The van der Waals surface area contributed by atoms with E-state index in [2.05, 4.69) is 35.4 Å². The first-order chi connectivity index (χ1) is 16.7. The highest BCUT2D eigenvalue weighted by Crippen LogP contribution is 2.40. The second-order valence-corrected chi connectivity index (χ2v) is 10.7. The summed E-state index contributed by atoms with van der Waals surface area (Å²) in [5, 5.41) is 15.7. The zero-order chi connectivity index (χ0) is 25.4. The van der Waals surface area contributed by atoms with Crippen LogP contribution in [-0.2, 0) is 21.4 Å². The number of likely N-dealkylation sites (tertiary alicyclic amines) is 1. The number of nitrogens with zero attached hydrogens (tertiary/aromatic N) is 1. The third kappa shape index (κ3) is 7.56. The number of benzene rings is 2. The molecule has 0 aliphatic carbocycles. The number of hydrogen-bond donors (Lipinski definition) is 3. The summed E-state index contributed by atoms with van der Waals surface area (Å²) >= 11 is 0. The lowest BCUT2D eigenvalue weighted by atomic mass is 9.68. The molecule has 0 radical (unpaired) electrons. The average molecular weight is 480 g/mol. The Morgan fingerprint density at radius 3 is 2.51 bits per heavy atom. The number of piperidine rings is 1. The van der Waals surface area contributed by atoms with Crippen LogP contribution in [0.4, 0.5) is 0 Å². The van der Waals surface area contributed by atoms with Crippen LogP contribution in [0.5, 0.6) is 5.75 Å². The topological polar surface area (TPSA) is 81.7 Å². The van der Waals surface area contributed by atoms with Crippen LogP contribution in [0.1, 0.15) is 45.2 Å². The number of hydrogen-bond acceptors (Lipinski definition) is 4. The third-order valence-corrected chi connectivity index (χ3v) is 7.38. The number of carbonyl (C=O) groups excluding carboxylic acids is 2. The van der Waals surface area contributed by atoms with Gasteiger partial charge in [-0.05, 0) is 59.9 Å². The van der Waals surface area contributed by atoms with Gasteiger partial charge >= 0.3 is 0 Å². The molecule has 3 rings (SSSR count). The van der Waals surface area contributed by atoms with Crippen molar-refractivity contribution in [3.05, 3.63) is 65.7 Å². The number of nitrogens with one attached hydrogen (secondary N) is 2. The van der Waals surface area contributed by atoms with Crippen molar-refractivity contribution in [2.75, 3.05) is 32.7 Å². The predicted molar refractivity (Wildman–Crippen MR) is 140 cm³/mol. The summed E-state index contributed by atoms with van der Waals surface area (Å²) in [6, 6.07) is 17.7. The van der Waals surface area contributed by atoms with Crippen LogP contribution in [0.25, 0.3) is 0 Å². The number of carbonyl (C=O) groups is 2. The Morgan fingerprint density at radius 1 is 1.11 bits per heavy atom. The molecule has 35 heavy (non-hydrogen) atoms. The van der Waals surface area contributed by atoms with Gasteiger partial charge in [-0.3, -0.25) is 9.59 Å². The van der Waals surface area contributed by atoms with E-state index in [1.807, 2.05) is 56.3 Å². The van der Waals surface area contributed by atoms with Crippen molar-refractivity contribution < 1.29 is 14.7 Å². The van der Waals surface area contributed by atoms with Crippen molar-refractivity contribution in [3.63, 3.8) is 0 Å². The Morgan fingerprint density at radius 2 is 1.86 bits per heavy atom. The van der Waals surface area contributed by atoms with Gasteiger partial charge in [-0.2, -0.15) is 0 Å². The summed E-state index contributed by atoms with van der Waals surface area (Å²) in [5.74, 6) is 0.553. The van der Waals surface area contributed by atoms with E-state index in [1.165, 1.54) is 0 Å². The van der Waals surface area contributed by atoms with Crippen molar-refractivity contribution in [1.82, 2.24) is 15.5 Å². The first kappa shape index (κ1) is 26.7. The molecule has 0 spiro atoms. The van der Waals surface area contributed by atoms with Crippen LogP contribution >= 0.6 is 0 Å². The van der Waals surface area contributed by atoms with Gasteiger partial charge < -0.3 is 20.6 Å². The minimum absolute atomic E-state index is 0.00279. The molecule has 1 aliphatic rings. The third-order valence-electron chi connectivity index (χ3n) is 7.38. The molecule has 3 N–H and O–H groups in total. The molecule has 6 nitrogen and oxygen atoms in total. The van der Waals surface area contributed by atoms with E-state index in [0.29, 0.717) is 37.1 Å². The minimum atomic E-state index is -0.243. The number of phenols is 1. The molecule has 2 aromatic carbocycles. The van der Waals surface area contributed by atoms with Crippen LogP contribution < -0.4 is 10.6 Å². The lowest BCUT2D eigenvalue weighted by Gasteiger charge is -2.45. The summed E-state index contributed by atoms with van der Waals surface area (Å²) < 4.78 is 0. The fourth-order valence-corrected chi connectivity index (χ4v) is 4.92. The maximum absolute atomic E-state index is 13.2. The number of phenolic OH excluding ortho intramolecular Hbond substituents is 1. The monoisotopic (exact) mass is 479 g/mol. The van der Waals surface area contributed by atoms with Gasteiger partial charge in [0.2, 0.25) is 11.8 Å². The van der Waals surface area contributed by atoms with Gasteiger partial charge in [-0.25, -0.2) is 0 Å². The Labute approximate surface area is 210 Å². The summed E-state index contributed by atoms with van der Waals surface area (Å²) in [7, 11) is 0. The highest BCUT2D eigenvalue weighted by Gasteiger charge is 2.39. The van der Waals surface area contributed by atoms with Crippen LogP contribution in [0.2, 0.25) is 0 Å². The zero-order valence-electron chi connectivity index (χ0n) is 21.6. The van der Waals surface area contributed by atoms with Crippen LogP contribution in [-0.4, -0.2) is 54.5 Å². The van der Waals surface area contributed by atoms with Crippen molar-refractivity contribution in [2.45, 2.75) is 46.0 Å². The van der Waals surface area contributed by atoms with E-state index in [9.17, 15) is 14.7 Å². The standard InChI is InChI=1S/C29H41N3O3/c1-21(2)17-30-27(34)18-31-28(35)24(15-23-9-6-5-7-10-23)20-32-14-13-29(4,22(3)19-32)25-11-8-12-26(33)16-25/h5-12,16,21-22,24,33H,13-15,17-20H2,1-4H3,(H,30,34)(H,31,35). The van der Waals surface area contributed by atoms with Crippen LogP contribution in [0.15, 0.2) is 54.6 Å². The SMILES string of the molecule is CC(C)CNC(=O)CNC(=O)C(Cc1ccccc1)CN1CCC(C)(c2cccc(O)c2)C(C)C1. The molecular weight excluding hydrogens is 438 g/mol. The molecule has 2 amide bonds. The van der Waals surface area contributed by atoms with Gasteiger partial charge in [0.25, 0.3) is 0 Å². The number of amides is 2. The Hall–Kier alpha value is -2.86. The molecule has 2 aromatic rings. The first-order valence-electron chi connectivity index (χ1n) is 12.8. The lowest BCUT2D eigenvalue weighted by molar-refractivity contribution is -0.129. The van der Waals surface area contributed by atoms with E-state index < -0.39 is 0 Å². The number of rotatable bonds is 10. The molecule has 3 atom stereocenters. The molecule has 1 aliphatic heterocycles. The smallest absolute Gasteiger partial charge is 0.239 e. The van der Waals surface area contributed by atoms with Gasteiger partial charge in [-0.15, -0.1) is 0 Å². The van der Waals surface area contributed by atoms with Gasteiger partial charge in [-0.1, -0.05) is 70.2 Å². The number of aromatic hydroxyl groups is 1. The molecule has 0 saturated carbocycles. The Kier molecular flexibility index (Phi) is 9.33. The fraction of sp³-hybridized carbons (Fsp3) is 0.517. The highest BCUT2D eigenvalue weighted by molar-refractivity contribution is 5.86. The highest BCUT2D eigenvalue weighted by atomic mass is 16.3. The summed E-state index contributed by atoms with van der Waals surface area (Å²) in [6.07, 6.45) is 1.59. The van der Waals surface area contributed by atoms with Crippen molar-refractivity contribution in [3.8, 4) is 5.75 Å². The molecule has 190 valence electrons. The summed E-state index contributed by atoms with van der Waals surface area (Å²) in [6.45, 7) is 11.6. The quantitative estimate of drug-likeness (QED) is 0.485. The molecule has 6 heteroatoms. The minimum Gasteiger partial charge on any atom is -0.508 e. The normalized spacial score (nSPS) is 21.5. The Balaban J connectivity index is 1.65. The molecule has 1 saturated heterocycles. The fourth-order valence-electron chi connectivity index (χ4n) is 4.92. The predicted octanol–water partition coefficient (Wildman–Crippen LogP) is 3.74. The van der Waals surface area contributed by atoms with E-state index >= 15 is 0 Å². The van der Waals surface area contributed by atoms with E-state index in [0.717, 1.165) is 30.6 Å². The maximum Gasteiger partial charge on any atom is 0.239 e. The van der Waals surface area contributed by atoms with Gasteiger partial charge in [0.05, 0.1) is 12.5 Å². The Bertz CT molecular complexity index is 978.